The molecular formula is C30H32N4O4S3. The molecule has 0 aliphatic heterocycles. The van der Waals surface area contributed by atoms with Crippen LogP contribution in [-0.4, -0.2) is 38.8 Å². The minimum Gasteiger partial charge on any atom is -0.462 e. The molecule has 214 valence electrons. The van der Waals surface area contributed by atoms with Gasteiger partial charge in [-0.2, -0.15) is 0 Å². The molecule has 0 bridgehead atoms. The van der Waals surface area contributed by atoms with Crippen LogP contribution < -0.4 is 10.9 Å². The number of nitrogens with zero attached hydrogens (tertiary/aromatic N) is 3. The van der Waals surface area contributed by atoms with Crippen molar-refractivity contribution in [1.82, 2.24) is 14.5 Å². The highest BCUT2D eigenvalue weighted by Gasteiger charge is 2.29. The average Bonchev–Trinajstić information content (AvgIpc) is 3.51. The molecule has 0 spiro atoms. The van der Waals surface area contributed by atoms with E-state index in [1.165, 1.54) is 28.0 Å². The predicted octanol–water partition coefficient (Wildman–Crippen LogP) is 5.87. The van der Waals surface area contributed by atoms with Gasteiger partial charge in [-0.05, 0) is 86.6 Å². The number of thioether (sulfide) groups is 1. The number of carbonyl (C=O) groups excluding carboxylic acids is 2. The van der Waals surface area contributed by atoms with Crippen LogP contribution in [0.3, 0.4) is 0 Å². The van der Waals surface area contributed by atoms with Crippen molar-refractivity contribution in [3.05, 3.63) is 66.9 Å². The van der Waals surface area contributed by atoms with Crippen LogP contribution >= 0.6 is 34.4 Å². The van der Waals surface area contributed by atoms with Gasteiger partial charge in [0.25, 0.3) is 5.56 Å². The van der Waals surface area contributed by atoms with Gasteiger partial charge in [0.2, 0.25) is 5.91 Å². The van der Waals surface area contributed by atoms with E-state index in [0.717, 1.165) is 76.7 Å². The number of ether oxygens (including phenoxy) is 1. The number of aryl methyl sites for hydroxylation is 2. The van der Waals surface area contributed by atoms with Gasteiger partial charge < -0.3 is 10.1 Å². The van der Waals surface area contributed by atoms with Crippen molar-refractivity contribution in [2.24, 2.45) is 5.92 Å². The molecule has 0 saturated heterocycles. The van der Waals surface area contributed by atoms with Crippen LogP contribution in [0.4, 0.5) is 5.00 Å². The Kier molecular flexibility index (Phi) is 8.28. The number of anilines is 1. The van der Waals surface area contributed by atoms with E-state index in [-0.39, 0.29) is 29.8 Å². The fraction of sp³-hybridized carbons (Fsp3) is 0.433. The molecule has 6 rings (SSSR count). The number of nitrogens with one attached hydrogen (secondary N) is 1. The Morgan fingerprint density at radius 1 is 1.12 bits per heavy atom. The number of amides is 1. The third-order valence-corrected chi connectivity index (χ3v) is 11.0. The standard InChI is InChI=1S/C30H32N4O4S3/c1-3-38-29(37)25-20-9-8-17(2)14-22(20)41-27(25)32-23(35)16-39-30-33-26-24(19-6-4-5-7-21(19)40-26)28(36)34(30)15-18-10-12-31-13-11-18/h10-13,17H,3-9,14-16H2,1-2H3,(H,32,35)/t17-/m1/s1. The monoisotopic (exact) mass is 608 g/mol. The number of thiophene rings is 2. The number of aromatic nitrogens is 3. The summed E-state index contributed by atoms with van der Waals surface area (Å²) in [7, 11) is 0. The highest BCUT2D eigenvalue weighted by Crippen LogP contribution is 2.40. The molecule has 4 heterocycles. The maximum atomic E-state index is 13.9. The van der Waals surface area contributed by atoms with Crippen LogP contribution in [0.5, 0.6) is 0 Å². The largest absolute Gasteiger partial charge is 0.462 e. The number of carbonyl (C=O) groups is 2. The van der Waals surface area contributed by atoms with Gasteiger partial charge in [-0.1, -0.05) is 18.7 Å². The Balaban J connectivity index is 1.29. The second-order valence-electron chi connectivity index (χ2n) is 10.6. The zero-order valence-corrected chi connectivity index (χ0v) is 25.6. The molecular weight excluding hydrogens is 577 g/mol. The van der Waals surface area contributed by atoms with E-state index < -0.39 is 0 Å². The number of pyridine rings is 1. The summed E-state index contributed by atoms with van der Waals surface area (Å²) in [5, 5.41) is 4.78. The highest BCUT2D eigenvalue weighted by atomic mass is 32.2. The van der Waals surface area contributed by atoms with Crippen LogP contribution in [0, 0.1) is 5.92 Å². The first kappa shape index (κ1) is 28.1. The van der Waals surface area contributed by atoms with E-state index >= 15 is 0 Å². The molecule has 8 nitrogen and oxygen atoms in total. The first-order chi connectivity index (χ1) is 19.9. The van der Waals surface area contributed by atoms with E-state index in [1.807, 2.05) is 12.1 Å². The molecule has 2 aliphatic carbocycles. The van der Waals surface area contributed by atoms with E-state index in [9.17, 15) is 14.4 Å². The first-order valence-electron chi connectivity index (χ1n) is 14.1. The third kappa shape index (κ3) is 5.72. The lowest BCUT2D eigenvalue weighted by atomic mass is 9.88. The molecule has 0 radical (unpaired) electrons. The van der Waals surface area contributed by atoms with Gasteiger partial charge >= 0.3 is 5.97 Å². The van der Waals surface area contributed by atoms with E-state index in [1.54, 1.807) is 35.2 Å². The summed E-state index contributed by atoms with van der Waals surface area (Å²) in [6.07, 6.45) is 10.2. The van der Waals surface area contributed by atoms with Crippen molar-refractivity contribution < 1.29 is 14.3 Å². The smallest absolute Gasteiger partial charge is 0.341 e. The molecule has 1 amide bonds. The fourth-order valence-corrected chi connectivity index (χ4v) is 9.21. The van der Waals surface area contributed by atoms with Crippen molar-refractivity contribution in [1.29, 1.82) is 0 Å². The Labute approximate surface area is 250 Å². The normalized spacial score (nSPS) is 16.3. The Morgan fingerprint density at radius 2 is 1.93 bits per heavy atom. The van der Waals surface area contributed by atoms with Gasteiger partial charge in [0.05, 0.1) is 29.9 Å². The Bertz CT molecular complexity index is 1670. The maximum Gasteiger partial charge on any atom is 0.341 e. The first-order valence-corrected chi connectivity index (χ1v) is 16.7. The zero-order valence-electron chi connectivity index (χ0n) is 23.2. The maximum absolute atomic E-state index is 13.9. The summed E-state index contributed by atoms with van der Waals surface area (Å²) in [6.45, 7) is 4.62. The van der Waals surface area contributed by atoms with Crippen molar-refractivity contribution in [2.45, 2.75) is 70.5 Å². The van der Waals surface area contributed by atoms with Gasteiger partial charge in [-0.25, -0.2) is 9.78 Å². The van der Waals surface area contributed by atoms with Crippen molar-refractivity contribution in [3.8, 4) is 0 Å². The van der Waals surface area contributed by atoms with Gasteiger partial charge in [0.15, 0.2) is 5.16 Å². The van der Waals surface area contributed by atoms with Gasteiger partial charge in [0.1, 0.15) is 9.83 Å². The van der Waals surface area contributed by atoms with Crippen LogP contribution in [0.2, 0.25) is 0 Å². The number of esters is 1. The fourth-order valence-electron chi connectivity index (χ4n) is 5.69. The molecule has 11 heteroatoms. The minimum atomic E-state index is -0.387. The summed E-state index contributed by atoms with van der Waals surface area (Å²) >= 11 is 4.33. The third-order valence-electron chi connectivity index (χ3n) is 7.71. The Hall–Kier alpha value is -3.02. The lowest BCUT2D eigenvalue weighted by Crippen LogP contribution is -2.25. The molecule has 2 aliphatic rings. The molecule has 41 heavy (non-hydrogen) atoms. The van der Waals surface area contributed by atoms with Gasteiger partial charge in [-0.3, -0.25) is 19.1 Å². The lowest BCUT2D eigenvalue weighted by molar-refractivity contribution is -0.113. The summed E-state index contributed by atoms with van der Waals surface area (Å²) in [4.78, 5) is 52.2. The number of rotatable bonds is 8. The van der Waals surface area contributed by atoms with Crippen molar-refractivity contribution in [2.75, 3.05) is 17.7 Å². The predicted molar refractivity (Wildman–Crippen MR) is 165 cm³/mol. The quantitative estimate of drug-likeness (QED) is 0.152. The SMILES string of the molecule is CCOC(=O)c1c(NC(=O)CSc2nc3sc4c(c3c(=O)n2Cc2ccncc2)CCCC4)sc2c1CC[C@@H](C)C2. The van der Waals surface area contributed by atoms with Crippen LogP contribution in [0.15, 0.2) is 34.5 Å². The average molecular weight is 609 g/mol. The van der Waals surface area contributed by atoms with Crippen LogP contribution in [-0.2, 0) is 41.8 Å². The molecule has 4 aromatic heterocycles. The van der Waals surface area contributed by atoms with Crippen molar-refractivity contribution >= 4 is 61.5 Å². The number of fused-ring (bicyclic) bond motifs is 4. The second-order valence-corrected chi connectivity index (χ2v) is 13.8. The molecule has 0 aromatic carbocycles. The van der Waals surface area contributed by atoms with E-state index in [0.29, 0.717) is 28.2 Å². The molecule has 4 aromatic rings. The minimum absolute atomic E-state index is 0.0562. The molecule has 1 N–H and O–H groups in total. The van der Waals surface area contributed by atoms with E-state index in [2.05, 4.69) is 17.2 Å². The van der Waals surface area contributed by atoms with E-state index in [4.69, 9.17) is 9.72 Å². The van der Waals surface area contributed by atoms with Crippen molar-refractivity contribution in [3.63, 3.8) is 0 Å². The Morgan fingerprint density at radius 3 is 2.73 bits per heavy atom. The summed E-state index contributed by atoms with van der Waals surface area (Å²) in [5.74, 6) is -0.0399. The van der Waals surface area contributed by atoms with Crippen LogP contribution in [0.25, 0.3) is 10.2 Å². The summed E-state index contributed by atoms with van der Waals surface area (Å²) in [5.41, 5.74) is 3.54. The molecule has 0 fully saturated rings. The second kappa shape index (κ2) is 12.1. The number of hydrogen-bond acceptors (Lipinski definition) is 9. The summed E-state index contributed by atoms with van der Waals surface area (Å²) < 4.78 is 7.04. The van der Waals surface area contributed by atoms with Gasteiger partial charge in [0, 0.05) is 22.1 Å². The highest BCUT2D eigenvalue weighted by molar-refractivity contribution is 7.99. The topological polar surface area (TPSA) is 103 Å². The van der Waals surface area contributed by atoms with Crippen LogP contribution in [0.1, 0.15) is 69.9 Å². The van der Waals surface area contributed by atoms with Gasteiger partial charge in [-0.15, -0.1) is 22.7 Å². The summed E-state index contributed by atoms with van der Waals surface area (Å²) in [6, 6.07) is 3.77. The molecule has 0 saturated carbocycles. The lowest BCUT2D eigenvalue weighted by Gasteiger charge is -2.18. The zero-order chi connectivity index (χ0) is 28.5. The molecule has 1 atom stereocenters. The number of hydrogen-bond donors (Lipinski definition) is 1. The molecule has 0 unspecified atom stereocenters.